The van der Waals surface area contributed by atoms with Gasteiger partial charge in [0.15, 0.2) is 0 Å². The minimum atomic E-state index is 0.250. The lowest BCUT2D eigenvalue weighted by molar-refractivity contribution is 0.224. The zero-order valence-electron chi connectivity index (χ0n) is 10.1. The SMILES string of the molecule is C=C(C)C(C)(C)CC(C)(C)CNC. The standard InChI is InChI=1S/C12H25N/c1-10(2)12(5,6)8-11(3,4)9-13-7/h13H,1,8-9H2,2-7H3. The molecule has 0 aliphatic heterocycles. The molecule has 0 heterocycles. The molecule has 0 radical (unpaired) electrons. The molecule has 0 aromatic rings. The Balaban J connectivity index is 4.33. The Hall–Kier alpha value is -0.300. The van der Waals surface area contributed by atoms with Crippen LogP contribution in [0.2, 0.25) is 0 Å². The monoisotopic (exact) mass is 183 g/mol. The second kappa shape index (κ2) is 4.28. The average Bonchev–Trinajstić information content (AvgIpc) is 1.83. The number of allylic oxidation sites excluding steroid dienone is 1. The first kappa shape index (κ1) is 12.7. The van der Waals surface area contributed by atoms with E-state index >= 15 is 0 Å². The minimum absolute atomic E-state index is 0.250. The van der Waals surface area contributed by atoms with Crippen molar-refractivity contribution < 1.29 is 0 Å². The molecule has 78 valence electrons. The van der Waals surface area contributed by atoms with Crippen molar-refractivity contribution in [3.63, 3.8) is 0 Å². The maximum absolute atomic E-state index is 4.05. The number of nitrogens with one attached hydrogen (secondary N) is 1. The van der Waals surface area contributed by atoms with Gasteiger partial charge in [-0.15, -0.1) is 0 Å². The van der Waals surface area contributed by atoms with Crippen LogP contribution >= 0.6 is 0 Å². The zero-order valence-corrected chi connectivity index (χ0v) is 10.1. The van der Waals surface area contributed by atoms with Crippen LogP contribution in [0.4, 0.5) is 0 Å². The summed E-state index contributed by atoms with van der Waals surface area (Å²) in [6.07, 6.45) is 1.18. The van der Waals surface area contributed by atoms with Gasteiger partial charge in [0.05, 0.1) is 0 Å². The van der Waals surface area contributed by atoms with Crippen LogP contribution in [0.15, 0.2) is 12.2 Å². The molecule has 0 aromatic carbocycles. The molecular formula is C12H25N. The summed E-state index contributed by atoms with van der Waals surface area (Å²) in [4.78, 5) is 0. The maximum Gasteiger partial charge on any atom is -0.0000172 e. The van der Waals surface area contributed by atoms with Crippen LogP contribution in [0, 0.1) is 10.8 Å². The topological polar surface area (TPSA) is 12.0 Å². The van der Waals surface area contributed by atoms with E-state index in [0.717, 1.165) is 6.54 Å². The molecule has 0 bridgehead atoms. The average molecular weight is 183 g/mol. The first-order valence-electron chi connectivity index (χ1n) is 5.02. The van der Waals surface area contributed by atoms with Gasteiger partial charge in [-0.2, -0.15) is 0 Å². The van der Waals surface area contributed by atoms with E-state index in [1.54, 1.807) is 0 Å². The molecule has 0 aliphatic carbocycles. The smallest absolute Gasteiger partial charge is 0.0000172 e. The van der Waals surface area contributed by atoms with Crippen molar-refractivity contribution >= 4 is 0 Å². The lowest BCUT2D eigenvalue weighted by Gasteiger charge is -2.35. The van der Waals surface area contributed by atoms with E-state index in [1.807, 2.05) is 7.05 Å². The summed E-state index contributed by atoms with van der Waals surface area (Å²) >= 11 is 0. The van der Waals surface area contributed by atoms with E-state index in [4.69, 9.17) is 0 Å². The summed E-state index contributed by atoms with van der Waals surface area (Å²) in [5.74, 6) is 0. The fourth-order valence-corrected chi connectivity index (χ4v) is 1.89. The van der Waals surface area contributed by atoms with E-state index in [2.05, 4.69) is 46.5 Å². The van der Waals surface area contributed by atoms with Gasteiger partial charge in [0.25, 0.3) is 0 Å². The Morgan fingerprint density at radius 1 is 1.23 bits per heavy atom. The molecule has 0 fully saturated rings. The fraction of sp³-hybridized carbons (Fsp3) is 0.833. The predicted octanol–water partition coefficient (Wildman–Crippen LogP) is 3.22. The number of hydrogen-bond acceptors (Lipinski definition) is 1. The molecule has 0 saturated heterocycles. The van der Waals surface area contributed by atoms with Crippen LogP contribution < -0.4 is 5.32 Å². The summed E-state index contributed by atoms with van der Waals surface area (Å²) in [5.41, 5.74) is 1.87. The fourth-order valence-electron chi connectivity index (χ4n) is 1.89. The van der Waals surface area contributed by atoms with Gasteiger partial charge < -0.3 is 5.32 Å². The van der Waals surface area contributed by atoms with Crippen LogP contribution in [-0.4, -0.2) is 13.6 Å². The maximum atomic E-state index is 4.05. The van der Waals surface area contributed by atoms with Gasteiger partial charge >= 0.3 is 0 Å². The molecule has 0 unspecified atom stereocenters. The van der Waals surface area contributed by atoms with Crippen LogP contribution in [-0.2, 0) is 0 Å². The minimum Gasteiger partial charge on any atom is -0.319 e. The van der Waals surface area contributed by atoms with Crippen LogP contribution in [0.25, 0.3) is 0 Å². The molecule has 0 aromatic heterocycles. The molecule has 0 amide bonds. The number of rotatable bonds is 5. The van der Waals surface area contributed by atoms with Crippen LogP contribution in [0.1, 0.15) is 41.0 Å². The summed E-state index contributed by atoms with van der Waals surface area (Å²) in [6.45, 7) is 16.4. The summed E-state index contributed by atoms with van der Waals surface area (Å²) in [6, 6.07) is 0. The second-order valence-corrected chi connectivity index (χ2v) is 5.54. The normalized spacial score (nSPS) is 13.1. The van der Waals surface area contributed by atoms with Crippen molar-refractivity contribution in [2.45, 2.75) is 41.0 Å². The van der Waals surface area contributed by atoms with Gasteiger partial charge in [-0.25, -0.2) is 0 Å². The quantitative estimate of drug-likeness (QED) is 0.645. The highest BCUT2D eigenvalue weighted by molar-refractivity contribution is 5.04. The Labute approximate surface area is 83.6 Å². The Morgan fingerprint density at radius 3 is 2.00 bits per heavy atom. The molecule has 0 aliphatic rings. The molecule has 1 N–H and O–H groups in total. The Kier molecular flexibility index (Phi) is 4.18. The molecule has 0 spiro atoms. The van der Waals surface area contributed by atoms with Crippen molar-refractivity contribution in [2.24, 2.45) is 10.8 Å². The first-order chi connectivity index (χ1) is 5.71. The molecule has 0 saturated carbocycles. The van der Waals surface area contributed by atoms with Gasteiger partial charge in [-0.1, -0.05) is 39.8 Å². The summed E-state index contributed by atoms with van der Waals surface area (Å²) in [5, 5.41) is 3.24. The van der Waals surface area contributed by atoms with Crippen LogP contribution in [0.3, 0.4) is 0 Å². The highest BCUT2D eigenvalue weighted by Gasteiger charge is 2.28. The van der Waals surface area contributed by atoms with Gasteiger partial charge in [0.1, 0.15) is 0 Å². The van der Waals surface area contributed by atoms with Crippen LogP contribution in [0.5, 0.6) is 0 Å². The van der Waals surface area contributed by atoms with Gasteiger partial charge in [-0.3, -0.25) is 0 Å². The first-order valence-corrected chi connectivity index (χ1v) is 5.02. The third-order valence-corrected chi connectivity index (χ3v) is 2.73. The third kappa shape index (κ3) is 4.47. The molecule has 1 heteroatoms. The molecule has 0 rings (SSSR count). The van der Waals surface area contributed by atoms with Gasteiger partial charge in [0, 0.05) is 0 Å². The predicted molar refractivity (Wildman–Crippen MR) is 60.9 cm³/mol. The molecule has 0 atom stereocenters. The molecule has 1 nitrogen and oxygen atoms in total. The van der Waals surface area contributed by atoms with E-state index in [1.165, 1.54) is 12.0 Å². The van der Waals surface area contributed by atoms with E-state index in [0.29, 0.717) is 5.41 Å². The van der Waals surface area contributed by atoms with E-state index < -0.39 is 0 Å². The van der Waals surface area contributed by atoms with Crippen molar-refractivity contribution in [3.8, 4) is 0 Å². The second-order valence-electron chi connectivity index (χ2n) is 5.54. The van der Waals surface area contributed by atoms with Crippen molar-refractivity contribution in [3.05, 3.63) is 12.2 Å². The highest BCUT2D eigenvalue weighted by Crippen LogP contribution is 2.37. The zero-order chi connectivity index (χ0) is 10.7. The summed E-state index contributed by atoms with van der Waals surface area (Å²) < 4.78 is 0. The highest BCUT2D eigenvalue weighted by atomic mass is 14.8. The lowest BCUT2D eigenvalue weighted by Crippen LogP contribution is -2.32. The van der Waals surface area contributed by atoms with E-state index in [9.17, 15) is 0 Å². The van der Waals surface area contributed by atoms with Crippen molar-refractivity contribution in [1.82, 2.24) is 5.32 Å². The largest absolute Gasteiger partial charge is 0.319 e. The van der Waals surface area contributed by atoms with Crippen molar-refractivity contribution in [2.75, 3.05) is 13.6 Å². The summed E-state index contributed by atoms with van der Waals surface area (Å²) in [7, 11) is 2.01. The lowest BCUT2D eigenvalue weighted by atomic mass is 9.72. The Bertz CT molecular complexity index is 178. The Morgan fingerprint density at radius 2 is 1.69 bits per heavy atom. The van der Waals surface area contributed by atoms with Gasteiger partial charge in [-0.05, 0) is 37.8 Å². The van der Waals surface area contributed by atoms with Crippen molar-refractivity contribution in [1.29, 1.82) is 0 Å². The molecule has 13 heavy (non-hydrogen) atoms. The van der Waals surface area contributed by atoms with E-state index in [-0.39, 0.29) is 5.41 Å². The molecular weight excluding hydrogens is 158 g/mol. The number of hydrogen-bond donors (Lipinski definition) is 1. The van der Waals surface area contributed by atoms with Gasteiger partial charge in [0.2, 0.25) is 0 Å². The third-order valence-electron chi connectivity index (χ3n) is 2.73.